The zero-order chi connectivity index (χ0) is 26.6. The molecule has 0 bridgehead atoms. The summed E-state index contributed by atoms with van der Waals surface area (Å²) >= 11 is 12.9. The molecule has 7 nitrogen and oxygen atoms in total. The SMILES string of the molecule is O=C(O)c1cccc(COc2c(Cl)cc(C=Nn3c(-c4ccccc4)nc4ccccc4c3=O)cc2Cl)c1. The summed E-state index contributed by atoms with van der Waals surface area (Å²) < 4.78 is 7.03. The van der Waals surface area contributed by atoms with E-state index < -0.39 is 5.97 Å². The Morgan fingerprint density at radius 2 is 1.66 bits per heavy atom. The topological polar surface area (TPSA) is 93.8 Å². The number of benzene rings is 4. The molecule has 0 atom stereocenters. The summed E-state index contributed by atoms with van der Waals surface area (Å²) in [6.45, 7) is 0.0760. The van der Waals surface area contributed by atoms with E-state index in [1.54, 1.807) is 42.5 Å². The van der Waals surface area contributed by atoms with Gasteiger partial charge in [0.1, 0.15) is 6.61 Å². The first-order valence-corrected chi connectivity index (χ1v) is 12.2. The summed E-state index contributed by atoms with van der Waals surface area (Å²) in [6.07, 6.45) is 1.47. The first kappa shape index (κ1) is 25.2. The van der Waals surface area contributed by atoms with Gasteiger partial charge in [0.05, 0.1) is 32.7 Å². The molecule has 0 saturated carbocycles. The molecule has 0 aliphatic carbocycles. The van der Waals surface area contributed by atoms with Crippen molar-refractivity contribution in [1.82, 2.24) is 9.66 Å². The van der Waals surface area contributed by atoms with Gasteiger partial charge in [-0.25, -0.2) is 9.78 Å². The van der Waals surface area contributed by atoms with Crippen molar-refractivity contribution in [3.05, 3.63) is 128 Å². The number of carbonyl (C=O) groups is 1. The van der Waals surface area contributed by atoms with Crippen LogP contribution in [-0.2, 0) is 6.61 Å². The van der Waals surface area contributed by atoms with Gasteiger partial charge >= 0.3 is 5.97 Å². The molecule has 1 heterocycles. The molecule has 1 aromatic heterocycles. The van der Waals surface area contributed by atoms with Crippen LogP contribution in [0.1, 0.15) is 21.5 Å². The highest BCUT2D eigenvalue weighted by Crippen LogP contribution is 2.34. The number of nitrogens with zero attached hydrogens (tertiary/aromatic N) is 3. The van der Waals surface area contributed by atoms with Crippen LogP contribution < -0.4 is 10.3 Å². The number of carboxylic acid groups (broad SMARTS) is 1. The summed E-state index contributed by atoms with van der Waals surface area (Å²) in [4.78, 5) is 29.2. The van der Waals surface area contributed by atoms with Gasteiger partial charge in [-0.2, -0.15) is 9.78 Å². The van der Waals surface area contributed by atoms with Gasteiger partial charge in [-0.3, -0.25) is 4.79 Å². The van der Waals surface area contributed by atoms with Crippen LogP contribution in [0, 0.1) is 0 Å². The van der Waals surface area contributed by atoms with Gasteiger partial charge in [-0.15, -0.1) is 0 Å². The summed E-state index contributed by atoms with van der Waals surface area (Å²) in [5.41, 5.74) is 2.34. The van der Waals surface area contributed by atoms with Gasteiger partial charge in [0.2, 0.25) is 0 Å². The van der Waals surface area contributed by atoms with Crippen LogP contribution >= 0.6 is 23.2 Å². The number of rotatable bonds is 7. The highest BCUT2D eigenvalue weighted by atomic mass is 35.5. The second-order valence-electron chi connectivity index (χ2n) is 8.29. The third kappa shape index (κ3) is 5.29. The molecule has 0 unspecified atom stereocenters. The summed E-state index contributed by atoms with van der Waals surface area (Å²) in [5, 5.41) is 14.5. The molecule has 0 radical (unpaired) electrons. The predicted molar refractivity (Wildman–Crippen MR) is 149 cm³/mol. The third-order valence-electron chi connectivity index (χ3n) is 5.69. The normalized spacial score (nSPS) is 11.2. The molecule has 0 aliphatic rings. The Balaban J connectivity index is 1.46. The summed E-state index contributed by atoms with van der Waals surface area (Å²) in [7, 11) is 0. The van der Waals surface area contributed by atoms with Gasteiger partial charge in [-0.05, 0) is 47.5 Å². The molecule has 9 heteroatoms. The monoisotopic (exact) mass is 543 g/mol. The fourth-order valence-electron chi connectivity index (χ4n) is 3.87. The van der Waals surface area contributed by atoms with Crippen LogP contribution in [0.2, 0.25) is 10.0 Å². The average Bonchev–Trinajstić information content (AvgIpc) is 2.92. The van der Waals surface area contributed by atoms with Crippen molar-refractivity contribution < 1.29 is 14.6 Å². The second-order valence-corrected chi connectivity index (χ2v) is 9.10. The van der Waals surface area contributed by atoms with Crippen molar-refractivity contribution in [2.45, 2.75) is 6.61 Å². The van der Waals surface area contributed by atoms with E-state index in [4.69, 9.17) is 27.9 Å². The second kappa shape index (κ2) is 10.9. The van der Waals surface area contributed by atoms with Crippen molar-refractivity contribution in [3.8, 4) is 17.1 Å². The lowest BCUT2D eigenvalue weighted by Gasteiger charge is -2.12. The first-order chi connectivity index (χ1) is 18.4. The Kier molecular flexibility index (Phi) is 7.22. The smallest absolute Gasteiger partial charge is 0.335 e. The number of ether oxygens (including phenoxy) is 1. The van der Waals surface area contributed by atoms with Crippen LogP contribution in [0.4, 0.5) is 0 Å². The first-order valence-electron chi connectivity index (χ1n) is 11.5. The predicted octanol–water partition coefficient (Wildman–Crippen LogP) is 6.53. The molecular weight excluding hydrogens is 525 g/mol. The van der Waals surface area contributed by atoms with Crippen LogP contribution in [0.15, 0.2) is 101 Å². The van der Waals surface area contributed by atoms with E-state index in [-0.39, 0.29) is 33.5 Å². The van der Waals surface area contributed by atoms with E-state index in [1.165, 1.54) is 23.0 Å². The summed E-state index contributed by atoms with van der Waals surface area (Å²) in [5.74, 6) is -0.380. The molecule has 1 N–H and O–H groups in total. The Hall–Kier alpha value is -4.46. The Morgan fingerprint density at radius 3 is 2.39 bits per heavy atom. The number of fused-ring (bicyclic) bond motifs is 1. The highest BCUT2D eigenvalue weighted by Gasteiger charge is 2.14. The van der Waals surface area contributed by atoms with E-state index in [2.05, 4.69) is 10.1 Å². The number of aromatic carboxylic acids is 1. The van der Waals surface area contributed by atoms with Gasteiger partial charge in [0.15, 0.2) is 11.6 Å². The van der Waals surface area contributed by atoms with Gasteiger partial charge in [0, 0.05) is 5.56 Å². The van der Waals surface area contributed by atoms with Crippen molar-refractivity contribution in [1.29, 1.82) is 0 Å². The molecule has 5 rings (SSSR count). The van der Waals surface area contributed by atoms with Crippen LogP contribution in [-0.4, -0.2) is 27.0 Å². The standard InChI is InChI=1S/C29H19Cl2N3O4/c30-23-14-19(15-24(31)26(23)38-17-18-7-6-10-21(13-18)29(36)37)16-32-34-27(20-8-2-1-3-9-20)33-25-12-5-4-11-22(25)28(34)35/h1-16H,17H2,(H,36,37). The van der Waals surface area contributed by atoms with Crippen molar-refractivity contribution >= 4 is 46.3 Å². The summed E-state index contributed by atoms with van der Waals surface area (Å²) in [6, 6.07) is 26.0. The number of para-hydroxylation sites is 1. The number of hydrogen-bond acceptors (Lipinski definition) is 5. The zero-order valence-corrected chi connectivity index (χ0v) is 21.2. The largest absolute Gasteiger partial charge is 0.486 e. The quantitative estimate of drug-likeness (QED) is 0.235. The fraction of sp³-hybridized carbons (Fsp3) is 0.0345. The molecule has 4 aromatic carbocycles. The molecular formula is C29H19Cl2N3O4. The Morgan fingerprint density at radius 1 is 0.947 bits per heavy atom. The molecule has 38 heavy (non-hydrogen) atoms. The van der Waals surface area contributed by atoms with Crippen LogP contribution in [0.3, 0.4) is 0 Å². The van der Waals surface area contributed by atoms with E-state index in [1.807, 2.05) is 36.4 Å². The molecule has 0 saturated heterocycles. The van der Waals surface area contributed by atoms with E-state index in [0.717, 1.165) is 5.56 Å². The molecule has 0 aliphatic heterocycles. The lowest BCUT2D eigenvalue weighted by Crippen LogP contribution is -2.20. The molecule has 5 aromatic rings. The van der Waals surface area contributed by atoms with E-state index in [9.17, 15) is 14.7 Å². The lowest BCUT2D eigenvalue weighted by atomic mass is 10.1. The van der Waals surface area contributed by atoms with Crippen LogP contribution in [0.25, 0.3) is 22.3 Å². The molecule has 188 valence electrons. The van der Waals surface area contributed by atoms with Gasteiger partial charge < -0.3 is 9.84 Å². The van der Waals surface area contributed by atoms with Gasteiger partial charge in [0.25, 0.3) is 5.56 Å². The van der Waals surface area contributed by atoms with E-state index in [0.29, 0.717) is 27.9 Å². The third-order valence-corrected chi connectivity index (χ3v) is 6.25. The van der Waals surface area contributed by atoms with E-state index >= 15 is 0 Å². The van der Waals surface area contributed by atoms with Crippen molar-refractivity contribution in [2.24, 2.45) is 5.10 Å². The minimum atomic E-state index is -1.03. The number of aromatic nitrogens is 2. The lowest BCUT2D eigenvalue weighted by molar-refractivity contribution is 0.0696. The fourth-order valence-corrected chi connectivity index (χ4v) is 4.48. The average molecular weight is 544 g/mol. The molecule has 0 amide bonds. The maximum absolute atomic E-state index is 13.3. The number of hydrogen-bond donors (Lipinski definition) is 1. The van der Waals surface area contributed by atoms with Crippen molar-refractivity contribution in [2.75, 3.05) is 0 Å². The maximum Gasteiger partial charge on any atom is 0.335 e. The Labute approximate surface area is 227 Å². The number of halogens is 2. The molecule has 0 spiro atoms. The Bertz CT molecular complexity index is 1730. The minimum Gasteiger partial charge on any atom is -0.486 e. The van der Waals surface area contributed by atoms with Crippen molar-refractivity contribution in [3.63, 3.8) is 0 Å². The minimum absolute atomic E-state index is 0.0760. The van der Waals surface area contributed by atoms with Gasteiger partial charge in [-0.1, -0.05) is 77.8 Å². The highest BCUT2D eigenvalue weighted by molar-refractivity contribution is 6.37. The zero-order valence-electron chi connectivity index (χ0n) is 19.7. The molecule has 0 fully saturated rings. The maximum atomic E-state index is 13.3. The number of carboxylic acids is 1. The van der Waals surface area contributed by atoms with Crippen LogP contribution in [0.5, 0.6) is 5.75 Å².